The Labute approximate surface area is 143 Å². The average molecular weight is 343 g/mol. The van der Waals surface area contributed by atoms with E-state index in [1.807, 2.05) is 0 Å². The van der Waals surface area contributed by atoms with E-state index in [0.29, 0.717) is 34.1 Å². The van der Waals surface area contributed by atoms with Crippen LogP contribution in [0.4, 0.5) is 6.01 Å². The van der Waals surface area contributed by atoms with Crippen LogP contribution in [0.2, 0.25) is 0 Å². The summed E-state index contributed by atoms with van der Waals surface area (Å²) in [6, 6.07) is 6.82. The van der Waals surface area contributed by atoms with Gasteiger partial charge < -0.3 is 18.3 Å². The van der Waals surface area contributed by atoms with Crippen LogP contribution in [0.3, 0.4) is 0 Å². The third-order valence-corrected chi connectivity index (χ3v) is 3.57. The molecule has 8 nitrogen and oxygen atoms in total. The van der Waals surface area contributed by atoms with Gasteiger partial charge in [0.05, 0.1) is 25.3 Å². The molecule has 25 heavy (non-hydrogen) atoms. The maximum atomic E-state index is 12.3. The fourth-order valence-electron chi connectivity index (χ4n) is 2.38. The van der Waals surface area contributed by atoms with Crippen LogP contribution in [-0.2, 0) is 0 Å². The first-order valence-corrected chi connectivity index (χ1v) is 7.46. The number of nitrogens with zero attached hydrogens (tertiary/aromatic N) is 2. The Morgan fingerprint density at radius 2 is 1.88 bits per heavy atom. The predicted molar refractivity (Wildman–Crippen MR) is 89.0 cm³/mol. The SMILES string of the molecule is COc1ccc(OC)c(-c2nnc(NC(=O)c3cc(C)oc3C)o2)c1. The maximum absolute atomic E-state index is 12.3. The van der Waals surface area contributed by atoms with Gasteiger partial charge in [-0.05, 0) is 38.1 Å². The van der Waals surface area contributed by atoms with Crippen molar-refractivity contribution in [2.24, 2.45) is 0 Å². The van der Waals surface area contributed by atoms with E-state index in [0.717, 1.165) is 0 Å². The number of nitrogens with one attached hydrogen (secondary N) is 1. The lowest BCUT2D eigenvalue weighted by atomic mass is 10.2. The number of methoxy groups -OCH3 is 2. The van der Waals surface area contributed by atoms with Crippen LogP contribution in [0.15, 0.2) is 33.1 Å². The highest BCUT2D eigenvalue weighted by molar-refractivity contribution is 6.03. The maximum Gasteiger partial charge on any atom is 0.322 e. The molecule has 0 bridgehead atoms. The Bertz CT molecular complexity index is 913. The van der Waals surface area contributed by atoms with Crippen molar-refractivity contribution in [2.75, 3.05) is 19.5 Å². The van der Waals surface area contributed by atoms with Crippen LogP contribution >= 0.6 is 0 Å². The molecule has 0 atom stereocenters. The van der Waals surface area contributed by atoms with Gasteiger partial charge in [-0.15, -0.1) is 5.10 Å². The van der Waals surface area contributed by atoms with E-state index in [2.05, 4.69) is 15.5 Å². The molecule has 0 fully saturated rings. The molecule has 130 valence electrons. The van der Waals surface area contributed by atoms with Gasteiger partial charge in [-0.2, -0.15) is 0 Å². The normalized spacial score (nSPS) is 10.6. The van der Waals surface area contributed by atoms with Crippen molar-refractivity contribution in [2.45, 2.75) is 13.8 Å². The Morgan fingerprint density at radius 3 is 2.52 bits per heavy atom. The summed E-state index contributed by atoms with van der Waals surface area (Å²) in [4.78, 5) is 12.3. The Kier molecular flexibility index (Phi) is 4.42. The number of amides is 1. The van der Waals surface area contributed by atoms with Crippen molar-refractivity contribution in [3.05, 3.63) is 41.3 Å². The highest BCUT2D eigenvalue weighted by Crippen LogP contribution is 2.33. The molecule has 0 unspecified atom stereocenters. The number of aryl methyl sites for hydroxylation is 2. The van der Waals surface area contributed by atoms with Crippen LogP contribution in [0.5, 0.6) is 11.5 Å². The lowest BCUT2D eigenvalue weighted by Crippen LogP contribution is -2.12. The molecule has 8 heteroatoms. The Hall–Kier alpha value is -3.29. The van der Waals surface area contributed by atoms with Crippen LogP contribution in [0.25, 0.3) is 11.5 Å². The number of carbonyl (C=O) groups is 1. The molecule has 0 aliphatic rings. The molecule has 3 aromatic rings. The average Bonchev–Trinajstić information content (AvgIpc) is 3.20. The van der Waals surface area contributed by atoms with Gasteiger partial charge in [0.25, 0.3) is 11.8 Å². The first kappa shape index (κ1) is 16.6. The van der Waals surface area contributed by atoms with Gasteiger partial charge in [-0.1, -0.05) is 5.10 Å². The fraction of sp³-hybridized carbons (Fsp3) is 0.235. The molecule has 2 heterocycles. The summed E-state index contributed by atoms with van der Waals surface area (Å²) >= 11 is 0. The van der Waals surface area contributed by atoms with Crippen LogP contribution in [0.1, 0.15) is 21.9 Å². The molecule has 0 spiro atoms. The largest absolute Gasteiger partial charge is 0.497 e. The van der Waals surface area contributed by atoms with E-state index in [-0.39, 0.29) is 17.8 Å². The van der Waals surface area contributed by atoms with Crippen molar-refractivity contribution < 1.29 is 23.1 Å². The van der Waals surface area contributed by atoms with Crippen LogP contribution < -0.4 is 14.8 Å². The first-order chi connectivity index (χ1) is 12.0. The summed E-state index contributed by atoms with van der Waals surface area (Å²) < 4.78 is 21.4. The third-order valence-electron chi connectivity index (χ3n) is 3.57. The molecule has 0 aliphatic carbocycles. The lowest BCUT2D eigenvalue weighted by molar-refractivity contribution is 0.102. The Balaban J connectivity index is 1.86. The van der Waals surface area contributed by atoms with Crippen LogP contribution in [-0.4, -0.2) is 30.3 Å². The number of anilines is 1. The van der Waals surface area contributed by atoms with Gasteiger partial charge in [-0.3, -0.25) is 10.1 Å². The smallest absolute Gasteiger partial charge is 0.322 e. The van der Waals surface area contributed by atoms with Crippen molar-refractivity contribution in [3.8, 4) is 23.0 Å². The van der Waals surface area contributed by atoms with Crippen molar-refractivity contribution in [3.63, 3.8) is 0 Å². The summed E-state index contributed by atoms with van der Waals surface area (Å²) in [5, 5.41) is 10.4. The van der Waals surface area contributed by atoms with Gasteiger partial charge >= 0.3 is 6.01 Å². The topological polar surface area (TPSA) is 99.6 Å². The first-order valence-electron chi connectivity index (χ1n) is 7.46. The van der Waals surface area contributed by atoms with E-state index < -0.39 is 0 Å². The van der Waals surface area contributed by atoms with Gasteiger partial charge in [0.2, 0.25) is 0 Å². The molecule has 0 aliphatic heterocycles. The molecule has 0 saturated heterocycles. The zero-order valence-corrected chi connectivity index (χ0v) is 14.2. The monoisotopic (exact) mass is 343 g/mol. The standard InChI is InChI=1S/C17H17N3O5/c1-9-7-12(10(2)24-9)15(21)18-17-20-19-16(25-17)13-8-11(22-3)5-6-14(13)23-4/h5-8H,1-4H3,(H,18,20,21). The highest BCUT2D eigenvalue weighted by atomic mass is 16.5. The molecule has 2 aromatic heterocycles. The zero-order chi connectivity index (χ0) is 18.0. The molecule has 1 aromatic carbocycles. The predicted octanol–water partition coefficient (Wildman–Crippen LogP) is 3.22. The van der Waals surface area contributed by atoms with Gasteiger partial charge in [-0.25, -0.2) is 0 Å². The molecular formula is C17H17N3O5. The second kappa shape index (κ2) is 6.68. The number of aromatic nitrogens is 2. The van der Waals surface area contributed by atoms with Crippen molar-refractivity contribution in [1.82, 2.24) is 10.2 Å². The van der Waals surface area contributed by atoms with Crippen LogP contribution in [0, 0.1) is 13.8 Å². The fourth-order valence-corrected chi connectivity index (χ4v) is 2.38. The second-order valence-corrected chi connectivity index (χ2v) is 5.26. The summed E-state index contributed by atoms with van der Waals surface area (Å²) in [6.45, 7) is 3.48. The number of ether oxygens (including phenoxy) is 2. The van der Waals surface area contributed by atoms with Gasteiger partial charge in [0, 0.05) is 0 Å². The molecule has 1 amide bonds. The number of rotatable bonds is 5. The molecule has 3 rings (SSSR count). The summed E-state index contributed by atoms with van der Waals surface area (Å²) in [5.74, 6) is 2.14. The van der Waals surface area contributed by atoms with Crippen molar-refractivity contribution in [1.29, 1.82) is 0 Å². The summed E-state index contributed by atoms with van der Waals surface area (Å²) in [5.41, 5.74) is 0.974. The minimum atomic E-state index is -0.387. The summed E-state index contributed by atoms with van der Waals surface area (Å²) in [6.07, 6.45) is 0. The molecule has 1 N–H and O–H groups in total. The highest BCUT2D eigenvalue weighted by Gasteiger charge is 2.19. The number of benzene rings is 1. The summed E-state index contributed by atoms with van der Waals surface area (Å²) in [7, 11) is 3.09. The van der Waals surface area contributed by atoms with E-state index in [1.54, 1.807) is 45.2 Å². The number of hydrogen-bond acceptors (Lipinski definition) is 7. The van der Waals surface area contributed by atoms with Gasteiger partial charge in [0.15, 0.2) is 0 Å². The Morgan fingerprint density at radius 1 is 1.08 bits per heavy atom. The third kappa shape index (κ3) is 3.32. The molecule has 0 radical (unpaired) electrons. The van der Waals surface area contributed by atoms with Crippen molar-refractivity contribution >= 4 is 11.9 Å². The lowest BCUT2D eigenvalue weighted by Gasteiger charge is -2.07. The van der Waals surface area contributed by atoms with E-state index >= 15 is 0 Å². The van der Waals surface area contributed by atoms with E-state index in [4.69, 9.17) is 18.3 Å². The molecular weight excluding hydrogens is 326 g/mol. The second-order valence-electron chi connectivity index (χ2n) is 5.26. The minimum Gasteiger partial charge on any atom is -0.497 e. The number of furan rings is 1. The minimum absolute atomic E-state index is 0.0249. The quantitative estimate of drug-likeness (QED) is 0.759. The van der Waals surface area contributed by atoms with E-state index in [1.165, 1.54) is 7.11 Å². The van der Waals surface area contributed by atoms with Gasteiger partial charge in [0.1, 0.15) is 23.0 Å². The van der Waals surface area contributed by atoms with E-state index in [9.17, 15) is 4.79 Å². The zero-order valence-electron chi connectivity index (χ0n) is 14.2. The number of hydrogen-bond donors (Lipinski definition) is 1. The molecule has 0 saturated carbocycles. The number of carbonyl (C=O) groups excluding carboxylic acids is 1.